The van der Waals surface area contributed by atoms with E-state index < -0.39 is 0 Å². The van der Waals surface area contributed by atoms with E-state index in [0.717, 1.165) is 11.4 Å². The van der Waals surface area contributed by atoms with Gasteiger partial charge in [-0.15, -0.1) is 0 Å². The third kappa shape index (κ3) is 4.05. The van der Waals surface area contributed by atoms with Gasteiger partial charge in [-0.05, 0) is 11.6 Å². The first kappa shape index (κ1) is 14.0. The van der Waals surface area contributed by atoms with E-state index in [0.29, 0.717) is 18.8 Å². The van der Waals surface area contributed by atoms with Crippen molar-refractivity contribution in [2.24, 2.45) is 0 Å². The summed E-state index contributed by atoms with van der Waals surface area (Å²) in [6.45, 7) is 0.341. The molecule has 0 radical (unpaired) electrons. The number of carbonyl (C=O) groups excluding carboxylic acids is 1. The molecule has 2 rings (SSSR count). The van der Waals surface area contributed by atoms with Gasteiger partial charge in [0.05, 0.1) is 13.0 Å². The van der Waals surface area contributed by atoms with Crippen molar-refractivity contribution in [3.8, 4) is 0 Å². The molecule has 5 heteroatoms. The maximum Gasteiger partial charge on any atom is 0.224 e. The number of anilines is 1. The molecule has 0 aliphatic carbocycles. The van der Waals surface area contributed by atoms with Crippen LogP contribution in [0.2, 0.25) is 0 Å². The summed E-state index contributed by atoms with van der Waals surface area (Å²) in [4.78, 5) is 22.2. The second-order valence-corrected chi connectivity index (χ2v) is 4.66. The van der Waals surface area contributed by atoms with Gasteiger partial charge in [-0.25, -0.2) is 9.97 Å². The van der Waals surface area contributed by atoms with Crippen LogP contribution in [0.4, 0.5) is 5.82 Å². The highest BCUT2D eigenvalue weighted by molar-refractivity contribution is 5.78. The zero-order valence-corrected chi connectivity index (χ0v) is 11.7. The lowest BCUT2D eigenvalue weighted by Crippen LogP contribution is -2.26. The number of nitrogens with one attached hydrogen (secondary N) is 1. The molecule has 2 aromatic rings. The van der Waals surface area contributed by atoms with E-state index in [1.54, 1.807) is 6.20 Å². The number of hydrogen-bond donors (Lipinski definition) is 1. The molecule has 0 fully saturated rings. The van der Waals surface area contributed by atoms with Crippen LogP contribution >= 0.6 is 0 Å². The Kier molecular flexibility index (Phi) is 4.65. The number of hydrogen-bond acceptors (Lipinski definition) is 4. The molecule has 0 saturated heterocycles. The van der Waals surface area contributed by atoms with Crippen molar-refractivity contribution in [2.45, 2.75) is 13.0 Å². The molecule has 0 aliphatic heterocycles. The topological polar surface area (TPSA) is 58.1 Å². The Hall–Kier alpha value is -2.43. The molecule has 104 valence electrons. The summed E-state index contributed by atoms with van der Waals surface area (Å²) in [6.07, 6.45) is 2.06. The third-order valence-electron chi connectivity index (χ3n) is 2.80. The summed E-state index contributed by atoms with van der Waals surface area (Å²) < 4.78 is 0. The lowest BCUT2D eigenvalue weighted by molar-refractivity contribution is -0.120. The minimum absolute atomic E-state index is 0.0324. The number of rotatable bonds is 5. The van der Waals surface area contributed by atoms with Crippen molar-refractivity contribution in [1.82, 2.24) is 15.3 Å². The van der Waals surface area contributed by atoms with Crippen molar-refractivity contribution < 1.29 is 4.79 Å². The highest BCUT2D eigenvalue weighted by atomic mass is 16.1. The fourth-order valence-corrected chi connectivity index (χ4v) is 1.74. The first-order valence-electron chi connectivity index (χ1n) is 6.45. The molecule has 5 nitrogen and oxygen atoms in total. The second-order valence-electron chi connectivity index (χ2n) is 4.66. The molecule has 1 heterocycles. The molecule has 0 aliphatic rings. The van der Waals surface area contributed by atoms with Crippen molar-refractivity contribution in [3.63, 3.8) is 0 Å². The van der Waals surface area contributed by atoms with Crippen LogP contribution in [0.15, 0.2) is 42.6 Å². The van der Waals surface area contributed by atoms with Gasteiger partial charge in [-0.2, -0.15) is 0 Å². The first-order valence-corrected chi connectivity index (χ1v) is 6.45. The second kappa shape index (κ2) is 6.65. The largest absolute Gasteiger partial charge is 0.363 e. The molecular formula is C15H18N4O. The lowest BCUT2D eigenvalue weighted by atomic mass is 10.1. The Balaban J connectivity index is 1.89. The standard InChI is InChI=1S/C15H18N4O/c1-19(2)14-8-9-16-13(18-14)11-17-15(20)10-12-6-4-3-5-7-12/h3-9H,10-11H2,1-2H3,(H,17,20). The van der Waals surface area contributed by atoms with E-state index in [2.05, 4.69) is 15.3 Å². The summed E-state index contributed by atoms with van der Waals surface area (Å²) in [5.41, 5.74) is 0.993. The minimum atomic E-state index is -0.0324. The van der Waals surface area contributed by atoms with E-state index in [1.165, 1.54) is 0 Å². The van der Waals surface area contributed by atoms with Gasteiger partial charge in [0.25, 0.3) is 0 Å². The fourth-order valence-electron chi connectivity index (χ4n) is 1.74. The molecule has 20 heavy (non-hydrogen) atoms. The van der Waals surface area contributed by atoms with Crippen LogP contribution in [0.1, 0.15) is 11.4 Å². The van der Waals surface area contributed by atoms with E-state index >= 15 is 0 Å². The molecule has 1 amide bonds. The van der Waals surface area contributed by atoms with Crippen molar-refractivity contribution in [1.29, 1.82) is 0 Å². The molecule has 0 spiro atoms. The van der Waals surface area contributed by atoms with Crippen LogP contribution in [0.5, 0.6) is 0 Å². The van der Waals surface area contributed by atoms with E-state index in [1.807, 2.05) is 55.4 Å². The quantitative estimate of drug-likeness (QED) is 0.892. The summed E-state index contributed by atoms with van der Waals surface area (Å²) in [5.74, 6) is 1.40. The smallest absolute Gasteiger partial charge is 0.224 e. The Morgan fingerprint density at radius 3 is 2.65 bits per heavy atom. The Labute approximate surface area is 118 Å². The normalized spacial score (nSPS) is 10.1. The van der Waals surface area contributed by atoms with Gasteiger partial charge in [0.1, 0.15) is 11.6 Å². The maximum atomic E-state index is 11.8. The molecule has 0 unspecified atom stereocenters. The minimum Gasteiger partial charge on any atom is -0.363 e. The van der Waals surface area contributed by atoms with Gasteiger partial charge >= 0.3 is 0 Å². The van der Waals surface area contributed by atoms with E-state index in [4.69, 9.17) is 0 Å². The Bertz CT molecular complexity index is 569. The summed E-state index contributed by atoms with van der Waals surface area (Å²) in [5, 5.41) is 2.83. The summed E-state index contributed by atoms with van der Waals surface area (Å²) in [7, 11) is 3.83. The molecule has 1 aromatic carbocycles. The molecule has 1 N–H and O–H groups in total. The molecule has 0 bridgehead atoms. The maximum absolute atomic E-state index is 11.8. The highest BCUT2D eigenvalue weighted by Crippen LogP contribution is 2.05. The van der Waals surface area contributed by atoms with Gasteiger partial charge in [0.2, 0.25) is 5.91 Å². The molecule has 0 saturated carbocycles. The van der Waals surface area contributed by atoms with Gasteiger partial charge in [0.15, 0.2) is 0 Å². The number of benzene rings is 1. The monoisotopic (exact) mass is 270 g/mol. The van der Waals surface area contributed by atoms with Gasteiger partial charge in [0, 0.05) is 20.3 Å². The van der Waals surface area contributed by atoms with Crippen LogP contribution in [-0.2, 0) is 17.8 Å². The Morgan fingerprint density at radius 2 is 1.95 bits per heavy atom. The summed E-state index contributed by atoms with van der Waals surface area (Å²) in [6, 6.07) is 11.5. The predicted molar refractivity (Wildman–Crippen MR) is 78.4 cm³/mol. The van der Waals surface area contributed by atoms with Crippen LogP contribution < -0.4 is 10.2 Å². The fraction of sp³-hybridized carbons (Fsp3) is 0.267. The number of nitrogens with zero attached hydrogens (tertiary/aromatic N) is 3. The van der Waals surface area contributed by atoms with Crippen molar-refractivity contribution in [2.75, 3.05) is 19.0 Å². The van der Waals surface area contributed by atoms with Gasteiger partial charge in [-0.3, -0.25) is 4.79 Å². The van der Waals surface area contributed by atoms with Gasteiger partial charge < -0.3 is 10.2 Å². The zero-order valence-electron chi connectivity index (χ0n) is 11.7. The lowest BCUT2D eigenvalue weighted by Gasteiger charge is -2.11. The molecular weight excluding hydrogens is 252 g/mol. The third-order valence-corrected chi connectivity index (χ3v) is 2.80. The highest BCUT2D eigenvalue weighted by Gasteiger charge is 2.05. The Morgan fingerprint density at radius 1 is 1.20 bits per heavy atom. The van der Waals surface area contributed by atoms with Gasteiger partial charge in [-0.1, -0.05) is 30.3 Å². The average molecular weight is 270 g/mol. The zero-order chi connectivity index (χ0) is 14.4. The number of carbonyl (C=O) groups is 1. The number of aromatic nitrogens is 2. The summed E-state index contributed by atoms with van der Waals surface area (Å²) >= 11 is 0. The average Bonchev–Trinajstić information content (AvgIpc) is 2.46. The predicted octanol–water partition coefficient (Wildman–Crippen LogP) is 1.40. The van der Waals surface area contributed by atoms with Crippen molar-refractivity contribution >= 4 is 11.7 Å². The van der Waals surface area contributed by atoms with Crippen LogP contribution in [-0.4, -0.2) is 30.0 Å². The number of amides is 1. The SMILES string of the molecule is CN(C)c1ccnc(CNC(=O)Cc2ccccc2)n1. The molecule has 0 atom stereocenters. The van der Waals surface area contributed by atoms with Crippen LogP contribution in [0, 0.1) is 0 Å². The first-order chi connectivity index (χ1) is 9.65. The van der Waals surface area contributed by atoms with Crippen LogP contribution in [0.25, 0.3) is 0 Å². The van der Waals surface area contributed by atoms with E-state index in [-0.39, 0.29) is 5.91 Å². The van der Waals surface area contributed by atoms with E-state index in [9.17, 15) is 4.79 Å². The van der Waals surface area contributed by atoms with Crippen LogP contribution in [0.3, 0.4) is 0 Å². The molecule has 1 aromatic heterocycles. The van der Waals surface area contributed by atoms with Crippen molar-refractivity contribution in [3.05, 3.63) is 54.0 Å².